The van der Waals surface area contributed by atoms with Gasteiger partial charge in [-0.05, 0) is 25.0 Å². The Morgan fingerprint density at radius 2 is 2.17 bits per heavy atom. The third kappa shape index (κ3) is 3.55. The van der Waals surface area contributed by atoms with E-state index in [0.29, 0.717) is 41.7 Å². The molecule has 3 rings (SSSR count). The minimum Gasteiger partial charge on any atom is -0.387 e. The van der Waals surface area contributed by atoms with Gasteiger partial charge in [-0.2, -0.15) is 0 Å². The van der Waals surface area contributed by atoms with Crippen molar-refractivity contribution in [2.24, 2.45) is 0 Å². The summed E-state index contributed by atoms with van der Waals surface area (Å²) < 4.78 is 1.71. The van der Waals surface area contributed by atoms with Gasteiger partial charge < -0.3 is 10.0 Å². The molecule has 0 aliphatic carbocycles. The summed E-state index contributed by atoms with van der Waals surface area (Å²) in [7, 11) is 0. The van der Waals surface area contributed by atoms with Crippen molar-refractivity contribution in [1.29, 1.82) is 0 Å². The lowest BCUT2D eigenvalue weighted by atomic mass is 10.1. The molecule has 24 heavy (non-hydrogen) atoms. The number of aromatic nitrogens is 3. The molecule has 1 N–H and O–H groups in total. The molecule has 128 valence electrons. The monoisotopic (exact) mass is 368 g/mol. The predicted octanol–water partition coefficient (Wildman–Crippen LogP) is 2.65. The Balaban J connectivity index is 1.50. The predicted molar refractivity (Wildman–Crippen MR) is 91.1 cm³/mol. The molecule has 0 spiro atoms. The summed E-state index contributed by atoms with van der Waals surface area (Å²) in [5, 5.41) is 18.4. The number of likely N-dealkylation sites (tertiary alicyclic amines) is 1. The minimum absolute atomic E-state index is 0.0816. The maximum atomic E-state index is 12.2. The minimum atomic E-state index is -0.640. The summed E-state index contributed by atoms with van der Waals surface area (Å²) in [6, 6.07) is 5.56. The topological polar surface area (TPSA) is 71.2 Å². The maximum absolute atomic E-state index is 12.2. The molecule has 0 saturated carbocycles. The number of carbonyl (C=O) groups is 1. The van der Waals surface area contributed by atoms with E-state index < -0.39 is 6.10 Å². The molecule has 0 bridgehead atoms. The van der Waals surface area contributed by atoms with Crippen LogP contribution in [0, 0.1) is 0 Å². The summed E-state index contributed by atoms with van der Waals surface area (Å²) in [6.45, 7) is 2.85. The van der Waals surface area contributed by atoms with E-state index in [1.807, 2.05) is 12.1 Å². The highest BCUT2D eigenvalue weighted by molar-refractivity contribution is 6.42. The van der Waals surface area contributed by atoms with Crippen LogP contribution in [0.25, 0.3) is 0 Å². The van der Waals surface area contributed by atoms with E-state index in [9.17, 15) is 9.90 Å². The molecule has 2 aromatic rings. The number of hydrogen-bond acceptors (Lipinski definition) is 4. The smallest absolute Gasteiger partial charge is 0.223 e. The van der Waals surface area contributed by atoms with Crippen LogP contribution in [0.15, 0.2) is 24.4 Å². The maximum Gasteiger partial charge on any atom is 0.223 e. The second kappa shape index (κ2) is 7.09. The van der Waals surface area contributed by atoms with Gasteiger partial charge in [-0.25, -0.2) is 4.68 Å². The lowest BCUT2D eigenvalue weighted by Gasteiger charge is -2.39. The molecular weight excluding hydrogens is 351 g/mol. The summed E-state index contributed by atoms with van der Waals surface area (Å²) in [5.74, 6) is 0.0816. The zero-order valence-electron chi connectivity index (χ0n) is 13.2. The zero-order valence-corrected chi connectivity index (χ0v) is 14.7. The van der Waals surface area contributed by atoms with Crippen molar-refractivity contribution in [3.8, 4) is 0 Å². The molecule has 0 radical (unpaired) electrons. The Labute approximate surface area is 150 Å². The molecule has 1 amide bonds. The van der Waals surface area contributed by atoms with Gasteiger partial charge in [0.05, 0.1) is 28.4 Å². The first-order chi connectivity index (χ1) is 11.5. The molecule has 1 aliphatic heterocycles. The lowest BCUT2D eigenvalue weighted by Crippen LogP contribution is -2.51. The van der Waals surface area contributed by atoms with Crippen molar-refractivity contribution in [3.05, 3.63) is 45.7 Å². The summed E-state index contributed by atoms with van der Waals surface area (Å²) in [6.07, 6.45) is 2.04. The number of benzene rings is 1. The molecule has 1 saturated heterocycles. The normalized spacial score (nSPS) is 16.1. The first-order valence-electron chi connectivity index (χ1n) is 7.76. The van der Waals surface area contributed by atoms with Crippen molar-refractivity contribution in [2.45, 2.75) is 31.9 Å². The van der Waals surface area contributed by atoms with Crippen LogP contribution in [0.5, 0.6) is 0 Å². The highest BCUT2D eigenvalue weighted by Crippen LogP contribution is 2.27. The quantitative estimate of drug-likeness (QED) is 0.880. The molecule has 1 fully saturated rings. The zero-order chi connectivity index (χ0) is 17.3. The Hall–Kier alpha value is -1.63. The Morgan fingerprint density at radius 1 is 1.42 bits per heavy atom. The number of aliphatic hydroxyl groups is 1. The third-order valence-electron chi connectivity index (χ3n) is 4.18. The number of nitrogens with zero attached hydrogens (tertiary/aromatic N) is 4. The van der Waals surface area contributed by atoms with Gasteiger partial charge >= 0.3 is 0 Å². The summed E-state index contributed by atoms with van der Waals surface area (Å²) in [5.41, 5.74) is 1.42. The van der Waals surface area contributed by atoms with Gasteiger partial charge in [0.25, 0.3) is 0 Å². The van der Waals surface area contributed by atoms with Gasteiger partial charge in [0.15, 0.2) is 0 Å². The average Bonchev–Trinajstić information content (AvgIpc) is 2.97. The fourth-order valence-electron chi connectivity index (χ4n) is 2.63. The van der Waals surface area contributed by atoms with Crippen LogP contribution in [-0.4, -0.2) is 44.0 Å². The van der Waals surface area contributed by atoms with Crippen molar-refractivity contribution in [1.82, 2.24) is 19.9 Å². The van der Waals surface area contributed by atoms with E-state index in [-0.39, 0.29) is 11.9 Å². The van der Waals surface area contributed by atoms with Crippen LogP contribution in [-0.2, 0) is 11.2 Å². The third-order valence-corrected chi connectivity index (χ3v) is 5.04. The highest BCUT2D eigenvalue weighted by Gasteiger charge is 2.32. The molecule has 6 nitrogen and oxygen atoms in total. The van der Waals surface area contributed by atoms with Gasteiger partial charge in [0.1, 0.15) is 5.69 Å². The Bertz CT molecular complexity index is 741. The number of aryl methyl sites for hydroxylation is 1. The van der Waals surface area contributed by atoms with Crippen LogP contribution < -0.4 is 0 Å². The van der Waals surface area contributed by atoms with Crippen molar-refractivity contribution in [2.75, 3.05) is 13.1 Å². The summed E-state index contributed by atoms with van der Waals surface area (Å²) >= 11 is 12.1. The number of hydrogen-bond donors (Lipinski definition) is 1. The largest absolute Gasteiger partial charge is 0.387 e. The molecule has 1 aliphatic rings. The lowest BCUT2D eigenvalue weighted by molar-refractivity contribution is -0.137. The van der Waals surface area contributed by atoms with Crippen molar-refractivity contribution < 1.29 is 9.90 Å². The standard InChI is InChI=1S/C16H18Cl2N4O2/c1-10(23)14-9-22(20-19-14)12-7-21(8-12)15(24)6-5-11-3-2-4-13(17)16(11)18/h2-4,9-10,12,23H,5-8H2,1H3/t10-/m1/s1. The Kier molecular flexibility index (Phi) is 5.08. The van der Waals surface area contributed by atoms with Crippen LogP contribution in [0.4, 0.5) is 0 Å². The SMILES string of the molecule is C[C@@H](O)c1cn(C2CN(C(=O)CCc3cccc(Cl)c3Cl)C2)nn1. The van der Waals surface area contributed by atoms with Crippen LogP contribution in [0.3, 0.4) is 0 Å². The number of amides is 1. The van der Waals surface area contributed by atoms with Gasteiger partial charge in [0, 0.05) is 19.5 Å². The molecule has 2 heterocycles. The van der Waals surface area contributed by atoms with E-state index in [1.165, 1.54) is 0 Å². The van der Waals surface area contributed by atoms with Gasteiger partial charge in [0.2, 0.25) is 5.91 Å². The van der Waals surface area contributed by atoms with E-state index in [4.69, 9.17) is 23.2 Å². The van der Waals surface area contributed by atoms with Crippen LogP contribution >= 0.6 is 23.2 Å². The van der Waals surface area contributed by atoms with Crippen molar-refractivity contribution in [3.63, 3.8) is 0 Å². The van der Waals surface area contributed by atoms with E-state index in [0.717, 1.165) is 5.56 Å². The molecule has 8 heteroatoms. The van der Waals surface area contributed by atoms with Gasteiger partial charge in [-0.3, -0.25) is 4.79 Å². The number of halogens is 2. The fourth-order valence-corrected chi connectivity index (χ4v) is 3.04. The molecular formula is C16H18Cl2N4O2. The summed E-state index contributed by atoms with van der Waals surface area (Å²) in [4.78, 5) is 14.0. The van der Waals surface area contributed by atoms with Gasteiger partial charge in [-0.1, -0.05) is 40.5 Å². The first-order valence-corrected chi connectivity index (χ1v) is 8.51. The van der Waals surface area contributed by atoms with Gasteiger partial charge in [-0.15, -0.1) is 5.10 Å². The molecule has 1 atom stereocenters. The Morgan fingerprint density at radius 3 is 2.83 bits per heavy atom. The second-order valence-corrected chi connectivity index (χ2v) is 6.75. The molecule has 1 aromatic carbocycles. The number of carbonyl (C=O) groups excluding carboxylic acids is 1. The molecule has 1 aromatic heterocycles. The van der Waals surface area contributed by atoms with E-state index in [2.05, 4.69) is 10.3 Å². The van der Waals surface area contributed by atoms with E-state index in [1.54, 1.807) is 28.8 Å². The van der Waals surface area contributed by atoms with E-state index >= 15 is 0 Å². The fraction of sp³-hybridized carbons (Fsp3) is 0.438. The van der Waals surface area contributed by atoms with Crippen LogP contribution in [0.1, 0.15) is 36.7 Å². The second-order valence-electron chi connectivity index (χ2n) is 5.96. The van der Waals surface area contributed by atoms with Crippen molar-refractivity contribution >= 4 is 29.1 Å². The first kappa shape index (κ1) is 17.2. The molecule has 0 unspecified atom stereocenters. The number of rotatable bonds is 5. The highest BCUT2D eigenvalue weighted by atomic mass is 35.5. The average molecular weight is 369 g/mol. The van der Waals surface area contributed by atoms with Crippen LogP contribution in [0.2, 0.25) is 10.0 Å². The number of aliphatic hydroxyl groups excluding tert-OH is 1.